The Bertz CT molecular complexity index is 828. The molecule has 0 aromatic heterocycles. The average Bonchev–Trinajstić information content (AvgIpc) is 3.02. The lowest BCUT2D eigenvalue weighted by Gasteiger charge is -2.14. The molecule has 1 aliphatic rings. The summed E-state index contributed by atoms with van der Waals surface area (Å²) in [4.78, 5) is 24.4. The van der Waals surface area contributed by atoms with Crippen molar-refractivity contribution in [2.45, 2.75) is 39.2 Å². The molecule has 3 rings (SSSR count). The van der Waals surface area contributed by atoms with Crippen LogP contribution in [0.2, 0.25) is 0 Å². The smallest absolute Gasteiger partial charge is 0.342 e. The molecule has 1 amide bonds. The van der Waals surface area contributed by atoms with E-state index >= 15 is 0 Å². The number of aryl methyl sites for hydroxylation is 3. The highest BCUT2D eigenvalue weighted by Crippen LogP contribution is 2.25. The number of fused-ring (bicyclic) bond motifs is 1. The monoisotopic (exact) mass is 339 g/mol. The first kappa shape index (κ1) is 17.0. The quantitative estimate of drug-likeness (QED) is 0.838. The molecule has 5 heteroatoms. The standard InChI is InChI=1S/C20H21NO4/c1-12-6-9-17(18(22)10-12)20(24)25-13(2)19(23)21-16-8-7-14-4-3-5-15(14)11-16/h6-11,13,22H,3-5H2,1-2H3,(H,21,23)/t13-/m1/s1. The van der Waals surface area contributed by atoms with Crippen LogP contribution >= 0.6 is 0 Å². The normalized spacial score (nSPS) is 13.8. The number of benzene rings is 2. The largest absolute Gasteiger partial charge is 0.507 e. The van der Waals surface area contributed by atoms with E-state index in [1.54, 1.807) is 6.07 Å². The molecule has 5 nitrogen and oxygen atoms in total. The molecule has 0 saturated heterocycles. The Morgan fingerprint density at radius 2 is 1.88 bits per heavy atom. The fourth-order valence-corrected chi connectivity index (χ4v) is 2.99. The van der Waals surface area contributed by atoms with Crippen molar-refractivity contribution < 1.29 is 19.4 Å². The fraction of sp³-hybridized carbons (Fsp3) is 0.300. The molecule has 1 atom stereocenters. The van der Waals surface area contributed by atoms with Gasteiger partial charge in [0.25, 0.3) is 5.91 Å². The van der Waals surface area contributed by atoms with Gasteiger partial charge in [-0.05, 0) is 74.1 Å². The topological polar surface area (TPSA) is 75.6 Å². The molecule has 1 aliphatic carbocycles. The van der Waals surface area contributed by atoms with Gasteiger partial charge in [0, 0.05) is 5.69 Å². The molecular weight excluding hydrogens is 318 g/mol. The zero-order valence-electron chi connectivity index (χ0n) is 14.3. The number of phenols is 1. The number of aromatic hydroxyl groups is 1. The molecule has 0 heterocycles. The first-order chi connectivity index (χ1) is 11.9. The van der Waals surface area contributed by atoms with Crippen molar-refractivity contribution in [3.63, 3.8) is 0 Å². The van der Waals surface area contributed by atoms with Gasteiger partial charge in [0.1, 0.15) is 11.3 Å². The van der Waals surface area contributed by atoms with Crippen molar-refractivity contribution >= 4 is 17.6 Å². The molecule has 0 spiro atoms. The van der Waals surface area contributed by atoms with E-state index in [1.165, 1.54) is 30.2 Å². The summed E-state index contributed by atoms with van der Waals surface area (Å²) in [6.45, 7) is 3.31. The number of carbonyl (C=O) groups excluding carboxylic acids is 2. The third kappa shape index (κ3) is 3.82. The molecule has 130 valence electrons. The second-order valence-electron chi connectivity index (χ2n) is 6.39. The summed E-state index contributed by atoms with van der Waals surface area (Å²) in [7, 11) is 0. The summed E-state index contributed by atoms with van der Waals surface area (Å²) < 4.78 is 5.17. The Kier molecular flexibility index (Phi) is 4.74. The van der Waals surface area contributed by atoms with Crippen LogP contribution in [0.1, 0.15) is 40.4 Å². The maximum Gasteiger partial charge on any atom is 0.342 e. The lowest BCUT2D eigenvalue weighted by Crippen LogP contribution is -2.30. The van der Waals surface area contributed by atoms with E-state index in [1.807, 2.05) is 25.1 Å². The summed E-state index contributed by atoms with van der Waals surface area (Å²) in [5.74, 6) is -1.29. The van der Waals surface area contributed by atoms with Gasteiger partial charge in [-0.3, -0.25) is 4.79 Å². The molecule has 2 aromatic carbocycles. The highest BCUT2D eigenvalue weighted by Gasteiger charge is 2.21. The molecule has 0 unspecified atom stereocenters. The van der Waals surface area contributed by atoms with Gasteiger partial charge in [-0.2, -0.15) is 0 Å². The van der Waals surface area contributed by atoms with Crippen LogP contribution in [0.3, 0.4) is 0 Å². The van der Waals surface area contributed by atoms with Gasteiger partial charge in [-0.15, -0.1) is 0 Å². The number of carbonyl (C=O) groups is 2. The predicted octanol–water partition coefficient (Wildman–Crippen LogP) is 3.37. The summed E-state index contributed by atoms with van der Waals surface area (Å²) in [6, 6.07) is 10.5. The van der Waals surface area contributed by atoms with Crippen molar-refractivity contribution in [1.82, 2.24) is 0 Å². The molecule has 0 fully saturated rings. The van der Waals surface area contributed by atoms with Crippen molar-refractivity contribution in [1.29, 1.82) is 0 Å². The van der Waals surface area contributed by atoms with E-state index in [2.05, 4.69) is 5.32 Å². The van der Waals surface area contributed by atoms with Gasteiger partial charge in [0.15, 0.2) is 6.10 Å². The van der Waals surface area contributed by atoms with E-state index in [0.717, 1.165) is 24.8 Å². The minimum atomic E-state index is -0.971. The maximum atomic E-state index is 12.3. The lowest BCUT2D eigenvalue weighted by molar-refractivity contribution is -0.123. The first-order valence-electron chi connectivity index (χ1n) is 8.37. The molecule has 0 bridgehead atoms. The number of phenolic OH excluding ortho intramolecular Hbond substituents is 1. The SMILES string of the molecule is Cc1ccc(C(=O)O[C@H](C)C(=O)Nc2ccc3c(c2)CCC3)c(O)c1. The molecule has 0 saturated carbocycles. The van der Waals surface area contributed by atoms with Crippen LogP contribution in [0.25, 0.3) is 0 Å². The van der Waals surface area contributed by atoms with Crippen LogP contribution in [0, 0.1) is 6.92 Å². The molecule has 2 aromatic rings. The second-order valence-corrected chi connectivity index (χ2v) is 6.39. The molecular formula is C20H21NO4. The van der Waals surface area contributed by atoms with Crippen LogP contribution in [-0.4, -0.2) is 23.1 Å². The molecule has 0 aliphatic heterocycles. The van der Waals surface area contributed by atoms with E-state index in [9.17, 15) is 14.7 Å². The number of hydrogen-bond donors (Lipinski definition) is 2. The fourth-order valence-electron chi connectivity index (χ4n) is 2.99. The van der Waals surface area contributed by atoms with E-state index in [-0.39, 0.29) is 11.3 Å². The number of ether oxygens (including phenoxy) is 1. The Morgan fingerprint density at radius 1 is 1.12 bits per heavy atom. The first-order valence-corrected chi connectivity index (χ1v) is 8.37. The summed E-state index contributed by atoms with van der Waals surface area (Å²) in [6.07, 6.45) is 2.27. The van der Waals surface area contributed by atoms with Crippen LogP contribution in [-0.2, 0) is 22.4 Å². The number of hydrogen-bond acceptors (Lipinski definition) is 4. The van der Waals surface area contributed by atoms with Crippen molar-refractivity contribution in [2.75, 3.05) is 5.32 Å². The molecule has 25 heavy (non-hydrogen) atoms. The van der Waals surface area contributed by atoms with Crippen molar-refractivity contribution in [2.24, 2.45) is 0 Å². The zero-order valence-corrected chi connectivity index (χ0v) is 14.3. The Balaban J connectivity index is 1.63. The van der Waals surface area contributed by atoms with Gasteiger partial charge in [0.2, 0.25) is 0 Å². The van der Waals surface area contributed by atoms with Crippen molar-refractivity contribution in [3.05, 3.63) is 58.7 Å². The second kappa shape index (κ2) is 6.97. The maximum absolute atomic E-state index is 12.3. The van der Waals surface area contributed by atoms with Crippen molar-refractivity contribution in [3.8, 4) is 5.75 Å². The summed E-state index contributed by atoms with van der Waals surface area (Å²) >= 11 is 0. The molecule has 0 radical (unpaired) electrons. The van der Waals surface area contributed by atoms with Gasteiger partial charge < -0.3 is 15.2 Å². The Hall–Kier alpha value is -2.82. The average molecular weight is 339 g/mol. The van der Waals surface area contributed by atoms with Gasteiger partial charge in [-0.25, -0.2) is 4.79 Å². The van der Waals surface area contributed by atoms with Crippen LogP contribution in [0.4, 0.5) is 5.69 Å². The van der Waals surface area contributed by atoms with Crippen LogP contribution < -0.4 is 5.32 Å². The Labute approximate surface area is 146 Å². The summed E-state index contributed by atoms with van der Waals surface area (Å²) in [5.41, 5.74) is 4.16. The third-order valence-electron chi connectivity index (χ3n) is 4.39. The van der Waals surface area contributed by atoms with Crippen LogP contribution in [0.5, 0.6) is 5.75 Å². The van der Waals surface area contributed by atoms with Gasteiger partial charge in [0.05, 0.1) is 0 Å². The highest BCUT2D eigenvalue weighted by atomic mass is 16.5. The van der Waals surface area contributed by atoms with Crippen LogP contribution in [0.15, 0.2) is 36.4 Å². The number of rotatable bonds is 4. The number of amides is 1. The van der Waals surface area contributed by atoms with E-state index in [4.69, 9.17) is 4.74 Å². The molecule has 2 N–H and O–H groups in total. The van der Waals surface area contributed by atoms with Gasteiger partial charge in [-0.1, -0.05) is 12.1 Å². The summed E-state index contributed by atoms with van der Waals surface area (Å²) in [5, 5.41) is 12.6. The predicted molar refractivity (Wildman–Crippen MR) is 94.8 cm³/mol. The zero-order chi connectivity index (χ0) is 18.0. The van der Waals surface area contributed by atoms with E-state index < -0.39 is 18.0 Å². The number of nitrogens with one attached hydrogen (secondary N) is 1. The minimum absolute atomic E-state index is 0.0442. The van der Waals surface area contributed by atoms with E-state index in [0.29, 0.717) is 5.69 Å². The lowest BCUT2D eigenvalue weighted by atomic mass is 10.1. The van der Waals surface area contributed by atoms with Gasteiger partial charge >= 0.3 is 5.97 Å². The minimum Gasteiger partial charge on any atom is -0.507 e. The third-order valence-corrected chi connectivity index (χ3v) is 4.39. The number of anilines is 1. The number of esters is 1. The highest BCUT2D eigenvalue weighted by molar-refractivity contribution is 5.98. The Morgan fingerprint density at radius 3 is 2.64 bits per heavy atom.